The molecule has 0 bridgehead atoms. The number of allylic oxidation sites excluding steroid dienone is 1. The lowest BCUT2D eigenvalue weighted by molar-refractivity contribution is -0.291. The topological polar surface area (TPSA) is 67.9 Å². The van der Waals surface area contributed by atoms with Gasteiger partial charge in [0.15, 0.2) is 6.61 Å². The molecule has 0 radical (unpaired) electrons. The number of halogens is 3. The number of nitrogens with zero attached hydrogens (tertiary/aromatic N) is 3. The fourth-order valence-electron chi connectivity index (χ4n) is 10.5. The van der Waals surface area contributed by atoms with Gasteiger partial charge in [0.1, 0.15) is 40.4 Å². The van der Waals surface area contributed by atoms with Crippen LogP contribution in [0.5, 0.6) is 11.5 Å². The number of amidine groups is 1. The van der Waals surface area contributed by atoms with Crippen LogP contribution in [0.3, 0.4) is 0 Å². The summed E-state index contributed by atoms with van der Waals surface area (Å²) in [4.78, 5) is 18.6. The molecule has 1 aromatic heterocycles. The molecule has 8 aromatic rings. The number of hydrogen-bond donors (Lipinski definition) is 1. The summed E-state index contributed by atoms with van der Waals surface area (Å²) in [5.74, 6) is 1.36. The van der Waals surface area contributed by atoms with Crippen LogP contribution in [-0.2, 0) is 17.6 Å². The minimum atomic E-state index is -4.54. The molecule has 346 valence electrons. The fraction of sp³-hybridized carbons (Fsp3) is 0.121. The number of carbonyl (C=O) groups is 1. The largest absolute Gasteiger partial charge is 0.642 e. The first kappa shape index (κ1) is 45.5. The van der Waals surface area contributed by atoms with E-state index in [1.165, 1.54) is 20.4 Å². The number of fused-ring (bicyclic) bond motifs is 6. The average Bonchev–Trinajstić information content (AvgIpc) is 3.92. The molecule has 0 fully saturated rings. The molecule has 0 spiro atoms. The molecule has 0 saturated heterocycles. The lowest BCUT2D eigenvalue weighted by atomic mass is 9.85. The summed E-state index contributed by atoms with van der Waals surface area (Å²) in [6.45, 7) is -4.25. The van der Waals surface area contributed by atoms with E-state index in [1.54, 1.807) is 31.4 Å². The van der Waals surface area contributed by atoms with Crippen molar-refractivity contribution in [3.63, 3.8) is 0 Å². The van der Waals surface area contributed by atoms with Gasteiger partial charge in [0.05, 0.1) is 28.0 Å². The van der Waals surface area contributed by atoms with Crippen LogP contribution in [0.25, 0.3) is 28.0 Å². The predicted octanol–water partition coefficient (Wildman–Crippen LogP) is 11.4. The van der Waals surface area contributed by atoms with E-state index in [2.05, 4.69) is 119 Å². The minimum absolute atomic E-state index is 0.190. The van der Waals surface area contributed by atoms with Gasteiger partial charge in [-0.25, -0.2) is 0 Å². The van der Waals surface area contributed by atoms with E-state index in [4.69, 9.17) is 14.5 Å². The lowest BCUT2D eigenvalue weighted by Crippen LogP contribution is -2.53. The Balaban J connectivity index is 0.883. The summed E-state index contributed by atoms with van der Waals surface area (Å²) in [6.07, 6.45) is 2.89. The molecule has 3 heterocycles. The van der Waals surface area contributed by atoms with Gasteiger partial charge in [0, 0.05) is 17.8 Å². The van der Waals surface area contributed by atoms with Gasteiger partial charge >= 0.3 is 6.97 Å². The Morgan fingerprint density at radius 1 is 0.714 bits per heavy atom. The second-order valence-corrected chi connectivity index (χ2v) is 22.3. The lowest BCUT2D eigenvalue weighted by Gasteiger charge is -2.33. The van der Waals surface area contributed by atoms with Crippen LogP contribution in [0, 0.1) is 0 Å². The van der Waals surface area contributed by atoms with Gasteiger partial charge in [0.2, 0.25) is 5.82 Å². The molecule has 1 aliphatic carbocycles. The van der Waals surface area contributed by atoms with Gasteiger partial charge in [-0.05, 0) is 154 Å². The normalized spacial score (nSPS) is 14.5. The summed E-state index contributed by atoms with van der Waals surface area (Å²) in [5.41, 5.74) is 6.99. The maximum atomic E-state index is 18.4. The third-order valence-corrected chi connectivity index (χ3v) is 19.2. The highest BCUT2D eigenvalue weighted by molar-refractivity contribution is 14.1. The molecule has 12 heteroatoms. The highest BCUT2D eigenvalue weighted by Crippen LogP contribution is 2.56. The highest BCUT2D eigenvalue weighted by Gasteiger charge is 2.56. The van der Waals surface area contributed by atoms with Crippen molar-refractivity contribution in [2.24, 2.45) is 4.99 Å². The average molecular weight is 1060 g/mol. The number of ether oxygens (including phenoxy) is 2. The van der Waals surface area contributed by atoms with Crippen molar-refractivity contribution in [2.75, 3.05) is 26.4 Å². The van der Waals surface area contributed by atoms with E-state index < -0.39 is 14.2 Å². The third-order valence-electron chi connectivity index (χ3n) is 13.7. The molecule has 0 atom stereocenters. The Labute approximate surface area is 420 Å². The summed E-state index contributed by atoms with van der Waals surface area (Å²) < 4.78 is 51.4. The van der Waals surface area contributed by atoms with Crippen molar-refractivity contribution in [1.82, 2.24) is 9.79 Å². The van der Waals surface area contributed by atoms with E-state index >= 15 is 8.63 Å². The van der Waals surface area contributed by atoms with E-state index in [9.17, 15) is 4.79 Å². The van der Waals surface area contributed by atoms with E-state index in [0.717, 1.165) is 50.4 Å². The second kappa shape index (κ2) is 19.1. The van der Waals surface area contributed by atoms with Crippen LogP contribution in [0.15, 0.2) is 203 Å². The number of nitrogens with one attached hydrogen (secondary N) is 1. The van der Waals surface area contributed by atoms with Crippen molar-refractivity contribution in [2.45, 2.75) is 19.3 Å². The van der Waals surface area contributed by atoms with E-state index in [-0.39, 0.29) is 24.2 Å². The number of rotatable bonds is 14. The number of methoxy groups -OCH3 is 1. The zero-order valence-electron chi connectivity index (χ0n) is 38.4. The second-order valence-electron chi connectivity index (χ2n) is 17.6. The first-order valence-corrected chi connectivity index (χ1v) is 26.6. The summed E-state index contributed by atoms with van der Waals surface area (Å²) >= 11 is 2.21. The van der Waals surface area contributed by atoms with Gasteiger partial charge < -0.3 is 32.4 Å². The van der Waals surface area contributed by atoms with Gasteiger partial charge in [-0.15, -0.1) is 0 Å². The summed E-state index contributed by atoms with van der Waals surface area (Å²) in [5, 5.41) is 6.99. The Bertz CT molecular complexity index is 3260. The predicted molar refractivity (Wildman–Crippen MR) is 291 cm³/mol. The number of aryl methyl sites for hydroxylation is 1. The standard InChI is InChI=1S/C58H47BF2IN4O3P/c1-68-45-33-35-49-43(38-45)30-34-50-52(40-18-7-2-8-19-40)57-64-58-53(41-20-9-3-10-21-41)54(62)55(65(58)59(60,61)66(57)56(49)50)42-28-31-44(32-29-42)69-39-51(67)63-36-17-37-70(46-22-11-4-12-23-46,47-24-13-5-14-25-47)48-26-15-6-16-27-48/h2-16,18-29,31-33,35,38H,17,30,34,36-37,39H2,1H3/p+1. The molecule has 0 saturated carbocycles. The molecular weight excluding hydrogens is 1010 g/mol. The van der Waals surface area contributed by atoms with Gasteiger partial charge in [0.25, 0.3) is 11.7 Å². The van der Waals surface area contributed by atoms with Crippen LogP contribution in [0.1, 0.15) is 28.7 Å². The van der Waals surface area contributed by atoms with Crippen molar-refractivity contribution in [1.29, 1.82) is 0 Å². The summed E-state index contributed by atoms with van der Waals surface area (Å²) in [7, 11) is -0.415. The third kappa shape index (κ3) is 7.99. The minimum Gasteiger partial charge on any atom is -0.497 e. The fourth-order valence-corrected chi connectivity index (χ4v) is 16.0. The Morgan fingerprint density at radius 3 is 1.86 bits per heavy atom. The van der Waals surface area contributed by atoms with E-state index in [1.807, 2.05) is 78.9 Å². The Kier molecular flexibility index (Phi) is 12.4. The van der Waals surface area contributed by atoms with Crippen molar-refractivity contribution in [3.05, 3.63) is 220 Å². The van der Waals surface area contributed by atoms with E-state index in [0.29, 0.717) is 57.0 Å². The quantitative estimate of drug-likeness (QED) is 0.0511. The highest BCUT2D eigenvalue weighted by atomic mass is 127. The first-order valence-electron chi connectivity index (χ1n) is 23.6. The SMILES string of the molecule is COc1ccc2c(c1)CCc1c(-c3ccccc3)c3n(c1-2)[B-](F)(F)[N+]1=C(c2ccc(OCC(=O)NCCC[P+](c4ccccc4)(c4ccccc4)c4ccccc4)cc2)C(I)=C(c2ccccc2)C1=N3. The number of aromatic nitrogens is 1. The Hall–Kier alpha value is -6.95. The van der Waals surface area contributed by atoms with Crippen molar-refractivity contribution < 1.29 is 27.4 Å². The Morgan fingerprint density at radius 2 is 1.27 bits per heavy atom. The van der Waals surface area contributed by atoms with Gasteiger partial charge in [-0.3, -0.25) is 4.79 Å². The molecular formula is C58H48BF2IN4O3P+. The molecule has 7 nitrogen and oxygen atoms in total. The molecule has 3 aliphatic rings. The zero-order chi connectivity index (χ0) is 47.8. The molecule has 2 aliphatic heterocycles. The van der Waals surface area contributed by atoms with Crippen LogP contribution in [0.2, 0.25) is 0 Å². The smallest absolute Gasteiger partial charge is 0.497 e. The number of hydrogen-bond acceptors (Lipinski definition) is 4. The monoisotopic (exact) mass is 1060 g/mol. The summed E-state index contributed by atoms with van der Waals surface area (Å²) in [6, 6.07) is 64.3. The zero-order valence-corrected chi connectivity index (χ0v) is 41.5. The van der Waals surface area contributed by atoms with Crippen LogP contribution in [-0.4, -0.2) is 59.8 Å². The number of benzene rings is 7. The number of amides is 1. The number of carbonyl (C=O) groups excluding carboxylic acids is 1. The van der Waals surface area contributed by atoms with Crippen LogP contribution >= 0.6 is 29.9 Å². The van der Waals surface area contributed by atoms with Crippen molar-refractivity contribution in [3.8, 4) is 33.9 Å². The van der Waals surface area contributed by atoms with Crippen molar-refractivity contribution >= 4 is 81.6 Å². The molecule has 1 N–H and O–H groups in total. The number of aliphatic imine (C=N–C) groups is 1. The van der Waals surface area contributed by atoms with Gasteiger partial charge in [-0.2, -0.15) is 0 Å². The maximum absolute atomic E-state index is 18.4. The van der Waals surface area contributed by atoms with Crippen LogP contribution in [0.4, 0.5) is 14.4 Å². The molecule has 7 aromatic carbocycles. The van der Waals surface area contributed by atoms with Crippen LogP contribution < -0.4 is 30.7 Å². The molecule has 70 heavy (non-hydrogen) atoms. The van der Waals surface area contributed by atoms with Gasteiger partial charge in [-0.1, -0.05) is 115 Å². The first-order chi connectivity index (χ1) is 34.3. The molecule has 1 amide bonds. The molecule has 0 unspecified atom stereocenters. The maximum Gasteiger partial charge on any atom is 0.642 e. The molecule has 11 rings (SSSR count).